The second-order valence-corrected chi connectivity index (χ2v) is 8.73. The second kappa shape index (κ2) is 10.6. The van der Waals surface area contributed by atoms with Crippen LogP contribution in [0.5, 0.6) is 5.75 Å². The summed E-state index contributed by atoms with van der Waals surface area (Å²) in [6.07, 6.45) is 1.17. The van der Waals surface area contributed by atoms with Crippen LogP contribution in [-0.4, -0.2) is 34.9 Å². The van der Waals surface area contributed by atoms with Crippen molar-refractivity contribution >= 4 is 53.7 Å². The Morgan fingerprint density at radius 2 is 2.04 bits per heavy atom. The van der Waals surface area contributed by atoms with Crippen LogP contribution in [0.25, 0.3) is 0 Å². The van der Waals surface area contributed by atoms with Crippen molar-refractivity contribution in [1.29, 1.82) is 0 Å². The first-order valence-electron chi connectivity index (χ1n) is 8.68. The van der Waals surface area contributed by atoms with Gasteiger partial charge in [-0.1, -0.05) is 25.4 Å². The molecule has 1 aromatic heterocycles. The van der Waals surface area contributed by atoms with Crippen molar-refractivity contribution in [2.75, 3.05) is 13.1 Å². The van der Waals surface area contributed by atoms with Gasteiger partial charge in [0, 0.05) is 29.5 Å². The lowest BCUT2D eigenvalue weighted by Gasteiger charge is -2.42. The molecule has 9 heteroatoms. The van der Waals surface area contributed by atoms with Crippen molar-refractivity contribution in [3.05, 3.63) is 45.4 Å². The van der Waals surface area contributed by atoms with Crippen LogP contribution in [0.1, 0.15) is 31.0 Å². The van der Waals surface area contributed by atoms with E-state index in [0.29, 0.717) is 24.6 Å². The van der Waals surface area contributed by atoms with Gasteiger partial charge in [0.2, 0.25) is 5.91 Å². The highest BCUT2D eigenvalue weighted by atomic mass is 35.5. The maximum Gasteiger partial charge on any atom is 0.228 e. The molecular weight excluding hydrogens is 441 g/mol. The molecule has 0 bridgehead atoms. The number of amides is 1. The zero-order valence-corrected chi connectivity index (χ0v) is 19.1. The Hall–Kier alpha value is -1.05. The number of nitrogens with zero attached hydrogens (tertiary/aromatic N) is 2. The standard InChI is InChI=1S/C19H24ClN3O2S.2ClH/c1-19(2)12-23(8-7-16(19)21)18(24)9-14-11-26-17(22-14)10-25-15-5-3-13(20)4-6-15;;/h3-6,11,16H,7-10,12,21H2,1-2H3;2*1H. The second-order valence-electron chi connectivity index (χ2n) is 7.35. The zero-order valence-electron chi connectivity index (χ0n) is 15.9. The number of thiazole rings is 1. The Balaban J connectivity index is 0.00000196. The predicted octanol–water partition coefficient (Wildman–Crippen LogP) is 4.35. The monoisotopic (exact) mass is 465 g/mol. The van der Waals surface area contributed by atoms with Gasteiger partial charge in [-0.15, -0.1) is 36.2 Å². The number of aromatic nitrogens is 1. The minimum atomic E-state index is -0.0481. The molecule has 1 atom stereocenters. The number of carbonyl (C=O) groups excluding carboxylic acids is 1. The van der Waals surface area contributed by atoms with Crippen LogP contribution in [0.2, 0.25) is 5.02 Å². The van der Waals surface area contributed by atoms with E-state index in [9.17, 15) is 4.79 Å². The molecule has 1 aliphatic rings. The lowest BCUT2D eigenvalue weighted by molar-refractivity contribution is -0.133. The largest absolute Gasteiger partial charge is 0.486 e. The fourth-order valence-corrected chi connectivity index (χ4v) is 3.86. The molecule has 28 heavy (non-hydrogen) atoms. The van der Waals surface area contributed by atoms with Crippen molar-refractivity contribution in [1.82, 2.24) is 9.88 Å². The van der Waals surface area contributed by atoms with Crippen molar-refractivity contribution < 1.29 is 9.53 Å². The Labute approximate surface area is 187 Å². The van der Waals surface area contributed by atoms with E-state index >= 15 is 0 Å². The average Bonchev–Trinajstić information content (AvgIpc) is 3.04. The molecule has 1 fully saturated rings. The third kappa shape index (κ3) is 6.49. The van der Waals surface area contributed by atoms with E-state index in [1.807, 2.05) is 22.4 Å². The number of halogens is 3. The number of ether oxygens (including phenoxy) is 1. The summed E-state index contributed by atoms with van der Waals surface area (Å²) in [6.45, 7) is 6.04. The van der Waals surface area contributed by atoms with Crippen LogP contribution in [0, 0.1) is 5.41 Å². The van der Waals surface area contributed by atoms with E-state index in [2.05, 4.69) is 18.8 Å². The number of benzene rings is 1. The third-order valence-corrected chi connectivity index (χ3v) is 5.90. The molecule has 0 aliphatic carbocycles. The Bertz CT molecular complexity index is 768. The smallest absolute Gasteiger partial charge is 0.228 e. The third-order valence-electron chi connectivity index (χ3n) is 4.77. The van der Waals surface area contributed by atoms with Gasteiger partial charge in [0.15, 0.2) is 0 Å². The molecule has 0 saturated carbocycles. The molecule has 0 spiro atoms. The first-order chi connectivity index (χ1) is 12.3. The topological polar surface area (TPSA) is 68.5 Å². The Kier molecular flexibility index (Phi) is 9.50. The maximum atomic E-state index is 12.6. The summed E-state index contributed by atoms with van der Waals surface area (Å²) in [7, 11) is 0. The summed E-state index contributed by atoms with van der Waals surface area (Å²) in [4.78, 5) is 19.0. The summed E-state index contributed by atoms with van der Waals surface area (Å²) in [5, 5.41) is 3.46. The lowest BCUT2D eigenvalue weighted by atomic mass is 9.79. The number of nitrogens with two attached hydrogens (primary N) is 1. The van der Waals surface area contributed by atoms with Crippen LogP contribution in [0.4, 0.5) is 0 Å². The summed E-state index contributed by atoms with van der Waals surface area (Å²) in [5.74, 6) is 0.856. The summed E-state index contributed by atoms with van der Waals surface area (Å²) in [6, 6.07) is 7.36. The highest BCUT2D eigenvalue weighted by Gasteiger charge is 2.35. The van der Waals surface area contributed by atoms with Crippen molar-refractivity contribution in [3.8, 4) is 5.75 Å². The minimum absolute atomic E-state index is 0. The first kappa shape index (κ1) is 25.0. The molecule has 3 rings (SSSR count). The van der Waals surface area contributed by atoms with Gasteiger partial charge in [0.05, 0.1) is 12.1 Å². The predicted molar refractivity (Wildman–Crippen MR) is 119 cm³/mol. The van der Waals surface area contributed by atoms with E-state index in [1.54, 1.807) is 12.1 Å². The molecule has 1 saturated heterocycles. The van der Waals surface area contributed by atoms with E-state index < -0.39 is 0 Å². The van der Waals surface area contributed by atoms with E-state index in [-0.39, 0.29) is 42.2 Å². The van der Waals surface area contributed by atoms with Crippen LogP contribution < -0.4 is 10.5 Å². The van der Waals surface area contributed by atoms with Gasteiger partial charge in [-0.2, -0.15) is 0 Å². The van der Waals surface area contributed by atoms with Gasteiger partial charge in [0.1, 0.15) is 17.4 Å². The molecule has 156 valence electrons. The molecule has 1 unspecified atom stereocenters. The number of carbonyl (C=O) groups is 1. The fourth-order valence-electron chi connectivity index (χ4n) is 3.03. The maximum absolute atomic E-state index is 12.6. The number of hydrogen-bond acceptors (Lipinski definition) is 5. The number of likely N-dealkylation sites (tertiary alicyclic amines) is 1. The summed E-state index contributed by atoms with van der Waals surface area (Å²) in [5.41, 5.74) is 6.90. The molecule has 1 amide bonds. The molecule has 1 aliphatic heterocycles. The van der Waals surface area contributed by atoms with Crippen LogP contribution in [-0.2, 0) is 17.8 Å². The molecule has 5 nitrogen and oxygen atoms in total. The van der Waals surface area contributed by atoms with Gasteiger partial charge in [-0.3, -0.25) is 4.79 Å². The minimum Gasteiger partial charge on any atom is -0.486 e. The SMILES string of the molecule is CC1(C)CN(C(=O)Cc2csc(COc3ccc(Cl)cc3)n2)CCC1N.Cl.Cl. The first-order valence-corrected chi connectivity index (χ1v) is 9.94. The molecule has 2 aromatic rings. The van der Waals surface area contributed by atoms with Gasteiger partial charge in [-0.25, -0.2) is 4.98 Å². The van der Waals surface area contributed by atoms with Crippen LogP contribution in [0.3, 0.4) is 0 Å². The Morgan fingerprint density at radius 1 is 1.36 bits per heavy atom. The van der Waals surface area contributed by atoms with Gasteiger partial charge in [-0.05, 0) is 36.1 Å². The van der Waals surface area contributed by atoms with Crippen molar-refractivity contribution in [2.24, 2.45) is 11.1 Å². The zero-order chi connectivity index (χ0) is 18.7. The van der Waals surface area contributed by atoms with E-state index in [4.69, 9.17) is 22.1 Å². The molecule has 0 radical (unpaired) electrons. The van der Waals surface area contributed by atoms with Gasteiger partial charge < -0.3 is 15.4 Å². The van der Waals surface area contributed by atoms with Crippen LogP contribution >= 0.6 is 47.8 Å². The van der Waals surface area contributed by atoms with Crippen molar-refractivity contribution in [3.63, 3.8) is 0 Å². The number of hydrogen-bond donors (Lipinski definition) is 1. The highest BCUT2D eigenvalue weighted by molar-refractivity contribution is 7.09. The van der Waals surface area contributed by atoms with E-state index in [0.717, 1.165) is 29.4 Å². The quantitative estimate of drug-likeness (QED) is 0.711. The number of piperidine rings is 1. The van der Waals surface area contributed by atoms with Crippen LogP contribution in [0.15, 0.2) is 29.6 Å². The molecule has 1 aromatic carbocycles. The fraction of sp³-hybridized carbons (Fsp3) is 0.474. The molecule has 2 N–H and O–H groups in total. The van der Waals surface area contributed by atoms with Gasteiger partial charge >= 0.3 is 0 Å². The van der Waals surface area contributed by atoms with Crippen molar-refractivity contribution in [2.45, 2.75) is 39.3 Å². The number of rotatable bonds is 5. The molecular formula is C19H26Cl3N3O2S. The van der Waals surface area contributed by atoms with Gasteiger partial charge in [0.25, 0.3) is 0 Å². The average molecular weight is 467 g/mol. The molecule has 2 heterocycles. The normalized spacial score (nSPS) is 18.0. The Morgan fingerprint density at radius 3 is 2.68 bits per heavy atom. The lowest BCUT2D eigenvalue weighted by Crippen LogP contribution is -2.54. The summed E-state index contributed by atoms with van der Waals surface area (Å²) < 4.78 is 5.70. The van der Waals surface area contributed by atoms with E-state index in [1.165, 1.54) is 11.3 Å². The summed E-state index contributed by atoms with van der Waals surface area (Å²) >= 11 is 7.37. The highest BCUT2D eigenvalue weighted by Crippen LogP contribution is 2.28.